The molecular weight excluding hydrogens is 251 g/mol. The van der Waals surface area contributed by atoms with Crippen molar-refractivity contribution in [2.24, 2.45) is 5.92 Å². The minimum absolute atomic E-state index is 0.0491. The number of piperidine rings is 1. The molecule has 1 aromatic rings. The molecule has 1 aromatic carbocycles. The van der Waals surface area contributed by atoms with E-state index >= 15 is 0 Å². The average Bonchev–Trinajstić information content (AvgIpc) is 2.94. The Bertz CT molecular complexity index is 474. The molecule has 20 heavy (non-hydrogen) atoms. The van der Waals surface area contributed by atoms with Crippen LogP contribution in [0.25, 0.3) is 0 Å². The zero-order valence-electron chi connectivity index (χ0n) is 12.5. The largest absolute Gasteiger partial charge is 0.368 e. The van der Waals surface area contributed by atoms with Crippen molar-refractivity contribution in [3.63, 3.8) is 0 Å². The summed E-state index contributed by atoms with van der Waals surface area (Å²) in [6.07, 6.45) is 6.55. The van der Waals surface area contributed by atoms with E-state index in [1.807, 2.05) is 20.0 Å². The van der Waals surface area contributed by atoms with Crippen molar-refractivity contribution in [1.29, 1.82) is 0 Å². The average molecular weight is 276 g/mol. The van der Waals surface area contributed by atoms with Gasteiger partial charge in [0.25, 0.3) is 0 Å². The van der Waals surface area contributed by atoms with Gasteiger partial charge in [0.15, 0.2) is 0 Å². The van der Waals surface area contributed by atoms with Gasteiger partial charge in [-0.25, -0.2) is 4.39 Å². The summed E-state index contributed by atoms with van der Waals surface area (Å²) in [6.45, 7) is 3.12. The number of nitrogens with zero attached hydrogens (tertiary/aromatic N) is 1. The third-order valence-electron chi connectivity index (χ3n) is 5.20. The predicted octanol–water partition coefficient (Wildman–Crippen LogP) is 3.88. The highest BCUT2D eigenvalue weighted by Gasteiger charge is 2.36. The third kappa shape index (κ3) is 2.32. The molecule has 3 unspecified atom stereocenters. The quantitative estimate of drug-likeness (QED) is 0.901. The van der Waals surface area contributed by atoms with Gasteiger partial charge < -0.3 is 10.2 Å². The van der Waals surface area contributed by atoms with Crippen LogP contribution in [0.1, 0.15) is 50.6 Å². The lowest BCUT2D eigenvalue weighted by Gasteiger charge is -2.41. The Labute approximate surface area is 121 Å². The second-order valence-corrected chi connectivity index (χ2v) is 6.28. The van der Waals surface area contributed by atoms with Crippen molar-refractivity contribution < 1.29 is 4.39 Å². The van der Waals surface area contributed by atoms with Gasteiger partial charge in [0.05, 0.1) is 0 Å². The molecule has 3 heteroatoms. The maximum absolute atomic E-state index is 14.3. The van der Waals surface area contributed by atoms with Crippen LogP contribution in [0.4, 0.5) is 10.1 Å². The Morgan fingerprint density at radius 1 is 1.25 bits per heavy atom. The molecule has 0 bridgehead atoms. The first kappa shape index (κ1) is 13.9. The van der Waals surface area contributed by atoms with Crippen LogP contribution >= 0.6 is 0 Å². The van der Waals surface area contributed by atoms with Gasteiger partial charge in [-0.15, -0.1) is 0 Å². The molecule has 1 aliphatic heterocycles. The van der Waals surface area contributed by atoms with E-state index in [-0.39, 0.29) is 11.9 Å². The summed E-state index contributed by atoms with van der Waals surface area (Å²) in [5, 5.41) is 3.19. The van der Waals surface area contributed by atoms with Crippen LogP contribution in [0.15, 0.2) is 18.2 Å². The molecule has 1 heterocycles. The highest BCUT2D eigenvalue weighted by atomic mass is 19.1. The molecule has 110 valence electrons. The van der Waals surface area contributed by atoms with Crippen molar-refractivity contribution >= 4 is 5.69 Å². The fourth-order valence-corrected chi connectivity index (χ4v) is 4.10. The Morgan fingerprint density at radius 3 is 2.85 bits per heavy atom. The predicted molar refractivity (Wildman–Crippen MR) is 81.6 cm³/mol. The number of hydrogen-bond donors (Lipinski definition) is 1. The van der Waals surface area contributed by atoms with Crippen LogP contribution < -0.4 is 10.2 Å². The summed E-state index contributed by atoms with van der Waals surface area (Å²) in [4.78, 5) is 2.49. The van der Waals surface area contributed by atoms with Gasteiger partial charge in [-0.3, -0.25) is 0 Å². The zero-order valence-corrected chi connectivity index (χ0v) is 12.5. The lowest BCUT2D eigenvalue weighted by Crippen LogP contribution is -2.43. The molecule has 1 N–H and O–H groups in total. The number of benzene rings is 1. The Morgan fingerprint density at radius 2 is 2.05 bits per heavy atom. The first-order valence-corrected chi connectivity index (χ1v) is 7.94. The first-order chi connectivity index (χ1) is 9.72. The van der Waals surface area contributed by atoms with Crippen LogP contribution in [-0.2, 0) is 0 Å². The summed E-state index contributed by atoms with van der Waals surface area (Å²) >= 11 is 0. The van der Waals surface area contributed by atoms with Gasteiger partial charge in [0.1, 0.15) is 5.82 Å². The molecule has 1 aliphatic carbocycles. The van der Waals surface area contributed by atoms with E-state index < -0.39 is 0 Å². The Kier molecular flexibility index (Phi) is 3.97. The molecule has 0 aromatic heterocycles. The number of fused-ring (bicyclic) bond motifs is 1. The van der Waals surface area contributed by atoms with Gasteiger partial charge in [-0.05, 0) is 57.7 Å². The SMILES string of the molecule is CNC(C)c1c(F)cccc1N1CCCC2CCCC21. The standard InChI is InChI=1S/C17H25FN2/c1-12(19-2)17-14(18)8-4-10-16(17)20-11-5-7-13-6-3-9-15(13)20/h4,8,10,12-13,15,19H,3,5-7,9,11H2,1-2H3. The van der Waals surface area contributed by atoms with Crippen molar-refractivity contribution in [1.82, 2.24) is 5.32 Å². The molecule has 1 saturated carbocycles. The third-order valence-corrected chi connectivity index (χ3v) is 5.20. The zero-order chi connectivity index (χ0) is 14.1. The number of anilines is 1. The molecule has 3 rings (SSSR count). The van der Waals surface area contributed by atoms with Crippen LogP contribution in [0.3, 0.4) is 0 Å². The summed E-state index contributed by atoms with van der Waals surface area (Å²) in [5.41, 5.74) is 1.95. The van der Waals surface area contributed by atoms with Gasteiger partial charge >= 0.3 is 0 Å². The van der Waals surface area contributed by atoms with Gasteiger partial charge in [0.2, 0.25) is 0 Å². The number of nitrogens with one attached hydrogen (secondary N) is 1. The normalized spacial score (nSPS) is 27.4. The minimum atomic E-state index is -0.0792. The van der Waals surface area contributed by atoms with Crippen molar-refractivity contribution in [2.75, 3.05) is 18.5 Å². The molecule has 1 saturated heterocycles. The fourth-order valence-electron chi connectivity index (χ4n) is 4.10. The lowest BCUT2D eigenvalue weighted by molar-refractivity contribution is 0.361. The maximum Gasteiger partial charge on any atom is 0.130 e. The van der Waals surface area contributed by atoms with Crippen molar-refractivity contribution in [3.05, 3.63) is 29.6 Å². The summed E-state index contributed by atoms with van der Waals surface area (Å²) in [7, 11) is 1.90. The first-order valence-electron chi connectivity index (χ1n) is 7.94. The van der Waals surface area contributed by atoms with Crippen molar-refractivity contribution in [2.45, 2.75) is 51.1 Å². The summed E-state index contributed by atoms with van der Waals surface area (Å²) in [5.74, 6) is 0.745. The topological polar surface area (TPSA) is 15.3 Å². The maximum atomic E-state index is 14.3. The van der Waals surface area contributed by atoms with Gasteiger partial charge in [-0.1, -0.05) is 12.5 Å². The van der Waals surface area contributed by atoms with E-state index in [2.05, 4.69) is 16.3 Å². The summed E-state index contributed by atoms with van der Waals surface area (Å²) in [6, 6.07) is 6.23. The van der Waals surface area contributed by atoms with E-state index in [0.717, 1.165) is 23.7 Å². The lowest BCUT2D eigenvalue weighted by atomic mass is 9.90. The number of rotatable bonds is 3. The second kappa shape index (κ2) is 5.72. The molecule has 0 amide bonds. The molecule has 0 radical (unpaired) electrons. The van der Waals surface area contributed by atoms with Crippen LogP contribution in [0.2, 0.25) is 0 Å². The van der Waals surface area contributed by atoms with Crippen LogP contribution in [-0.4, -0.2) is 19.6 Å². The van der Waals surface area contributed by atoms with E-state index in [1.54, 1.807) is 6.07 Å². The second-order valence-electron chi connectivity index (χ2n) is 6.28. The minimum Gasteiger partial charge on any atom is -0.368 e. The van der Waals surface area contributed by atoms with Gasteiger partial charge in [0, 0.05) is 29.9 Å². The number of halogens is 1. The van der Waals surface area contributed by atoms with E-state index in [1.165, 1.54) is 32.1 Å². The molecule has 2 aliphatic rings. The van der Waals surface area contributed by atoms with Gasteiger partial charge in [-0.2, -0.15) is 0 Å². The molecule has 2 fully saturated rings. The Balaban J connectivity index is 1.98. The molecular formula is C17H25FN2. The molecule has 0 spiro atoms. The van der Waals surface area contributed by atoms with E-state index in [0.29, 0.717) is 6.04 Å². The van der Waals surface area contributed by atoms with E-state index in [4.69, 9.17) is 0 Å². The molecule has 3 atom stereocenters. The highest BCUT2D eigenvalue weighted by Crippen LogP contribution is 2.41. The van der Waals surface area contributed by atoms with E-state index in [9.17, 15) is 4.39 Å². The fraction of sp³-hybridized carbons (Fsp3) is 0.647. The van der Waals surface area contributed by atoms with Crippen molar-refractivity contribution in [3.8, 4) is 0 Å². The summed E-state index contributed by atoms with van der Waals surface area (Å²) < 4.78 is 14.3. The smallest absolute Gasteiger partial charge is 0.130 e. The Hall–Kier alpha value is -1.09. The molecule has 2 nitrogen and oxygen atoms in total. The highest BCUT2D eigenvalue weighted by molar-refractivity contribution is 5.57. The number of hydrogen-bond acceptors (Lipinski definition) is 2. The van der Waals surface area contributed by atoms with Crippen LogP contribution in [0, 0.1) is 11.7 Å². The monoisotopic (exact) mass is 276 g/mol. The van der Waals surface area contributed by atoms with Crippen LogP contribution in [0.5, 0.6) is 0 Å².